The average molecular weight is 298 g/mol. The van der Waals surface area contributed by atoms with Gasteiger partial charge in [-0.05, 0) is 43.2 Å². The van der Waals surface area contributed by atoms with Gasteiger partial charge in [0.2, 0.25) is 0 Å². The number of piperidine rings is 1. The average Bonchev–Trinajstić information content (AvgIpc) is 2.47. The number of nitrogens with one attached hydrogen (secondary N) is 1. The molecule has 0 saturated carbocycles. The van der Waals surface area contributed by atoms with Gasteiger partial charge in [0.05, 0.1) is 0 Å². The Morgan fingerprint density at radius 1 is 1.50 bits per heavy atom. The Labute approximate surface area is 122 Å². The smallest absolute Gasteiger partial charge is 0.321 e. The second-order valence-corrected chi connectivity index (χ2v) is 5.74. The summed E-state index contributed by atoms with van der Waals surface area (Å²) < 4.78 is 13.6. The van der Waals surface area contributed by atoms with Gasteiger partial charge in [-0.2, -0.15) is 0 Å². The number of carbonyl (C=O) groups excluding carboxylic acids is 1. The third-order valence-corrected chi connectivity index (χ3v) is 4.33. The molecule has 2 N–H and O–H groups in total. The summed E-state index contributed by atoms with van der Waals surface area (Å²) >= 11 is 1.33. The fraction of sp³-hybridized carbons (Fsp3) is 0.500. The molecule has 20 heavy (non-hydrogen) atoms. The van der Waals surface area contributed by atoms with Crippen LogP contribution in [0.4, 0.5) is 14.9 Å². The highest BCUT2D eigenvalue weighted by molar-refractivity contribution is 7.98. The molecule has 1 aliphatic rings. The van der Waals surface area contributed by atoms with E-state index in [1.807, 2.05) is 6.26 Å². The molecule has 0 unspecified atom stereocenters. The van der Waals surface area contributed by atoms with E-state index in [0.29, 0.717) is 23.7 Å². The van der Waals surface area contributed by atoms with Crippen molar-refractivity contribution >= 4 is 23.5 Å². The standard InChI is InChI=1S/C14H19FN2O2S/c1-20-13-3-2-11(8-12(13)15)16-14(19)17-6-4-10(9-18)5-7-17/h2-3,8,10,18H,4-7,9H2,1H3,(H,16,19). The third-order valence-electron chi connectivity index (χ3n) is 3.56. The van der Waals surface area contributed by atoms with Gasteiger partial charge in [-0.15, -0.1) is 11.8 Å². The second-order valence-electron chi connectivity index (χ2n) is 4.89. The number of amides is 2. The van der Waals surface area contributed by atoms with Crippen LogP contribution in [-0.2, 0) is 0 Å². The fourth-order valence-electron chi connectivity index (χ4n) is 2.27. The van der Waals surface area contributed by atoms with Crippen LogP contribution in [0.1, 0.15) is 12.8 Å². The van der Waals surface area contributed by atoms with E-state index < -0.39 is 0 Å². The van der Waals surface area contributed by atoms with Crippen molar-refractivity contribution in [3.05, 3.63) is 24.0 Å². The van der Waals surface area contributed by atoms with Crippen LogP contribution in [0.2, 0.25) is 0 Å². The molecule has 1 saturated heterocycles. The summed E-state index contributed by atoms with van der Waals surface area (Å²) in [6.07, 6.45) is 3.43. The van der Waals surface area contributed by atoms with Crippen LogP contribution < -0.4 is 5.32 Å². The monoisotopic (exact) mass is 298 g/mol. The van der Waals surface area contributed by atoms with Crippen molar-refractivity contribution in [2.75, 3.05) is 31.3 Å². The third kappa shape index (κ3) is 3.64. The zero-order valence-electron chi connectivity index (χ0n) is 11.4. The molecule has 1 heterocycles. The summed E-state index contributed by atoms with van der Waals surface area (Å²) in [7, 11) is 0. The van der Waals surface area contributed by atoms with Crippen LogP contribution in [0.15, 0.2) is 23.1 Å². The summed E-state index contributed by atoms with van der Waals surface area (Å²) in [6.45, 7) is 1.43. The Bertz CT molecular complexity index is 476. The SMILES string of the molecule is CSc1ccc(NC(=O)N2CCC(CO)CC2)cc1F. The Morgan fingerprint density at radius 3 is 2.75 bits per heavy atom. The highest BCUT2D eigenvalue weighted by Gasteiger charge is 2.22. The number of halogens is 1. The molecule has 1 aromatic carbocycles. The van der Waals surface area contributed by atoms with E-state index in [1.54, 1.807) is 17.0 Å². The first-order valence-electron chi connectivity index (χ1n) is 6.64. The van der Waals surface area contributed by atoms with Crippen molar-refractivity contribution in [3.63, 3.8) is 0 Å². The first-order valence-corrected chi connectivity index (χ1v) is 7.87. The van der Waals surface area contributed by atoms with E-state index >= 15 is 0 Å². The Kier molecular flexibility index (Phi) is 5.25. The van der Waals surface area contributed by atoms with Crippen molar-refractivity contribution in [2.45, 2.75) is 17.7 Å². The lowest BCUT2D eigenvalue weighted by Gasteiger charge is -2.31. The molecule has 1 aromatic rings. The summed E-state index contributed by atoms with van der Waals surface area (Å²) in [5.74, 6) is -0.0355. The van der Waals surface area contributed by atoms with Crippen molar-refractivity contribution in [1.29, 1.82) is 0 Å². The molecule has 0 bridgehead atoms. The molecule has 1 aliphatic heterocycles. The number of anilines is 1. The number of hydrogen-bond acceptors (Lipinski definition) is 3. The van der Waals surface area contributed by atoms with Crippen LogP contribution in [0, 0.1) is 11.7 Å². The Morgan fingerprint density at radius 2 is 2.20 bits per heavy atom. The highest BCUT2D eigenvalue weighted by Crippen LogP contribution is 2.23. The lowest BCUT2D eigenvalue weighted by atomic mass is 9.98. The molecule has 4 nitrogen and oxygen atoms in total. The van der Waals surface area contributed by atoms with Gasteiger partial charge in [0, 0.05) is 30.3 Å². The number of benzene rings is 1. The van der Waals surface area contributed by atoms with E-state index in [0.717, 1.165) is 12.8 Å². The molecule has 2 amide bonds. The van der Waals surface area contributed by atoms with Gasteiger partial charge >= 0.3 is 6.03 Å². The number of nitrogens with zero attached hydrogens (tertiary/aromatic N) is 1. The Balaban J connectivity index is 1.93. The van der Waals surface area contributed by atoms with Crippen molar-refractivity contribution in [2.24, 2.45) is 5.92 Å². The number of urea groups is 1. The highest BCUT2D eigenvalue weighted by atomic mass is 32.2. The summed E-state index contributed by atoms with van der Waals surface area (Å²) in [5.41, 5.74) is 0.467. The summed E-state index contributed by atoms with van der Waals surface area (Å²) in [4.78, 5) is 14.3. The van der Waals surface area contributed by atoms with Gasteiger partial charge in [0.1, 0.15) is 5.82 Å². The number of aliphatic hydroxyl groups excluding tert-OH is 1. The number of hydrogen-bond donors (Lipinski definition) is 2. The number of thioether (sulfide) groups is 1. The van der Waals surface area contributed by atoms with Gasteiger partial charge in [-0.25, -0.2) is 9.18 Å². The minimum atomic E-state index is -0.325. The molecule has 0 aliphatic carbocycles. The van der Waals surface area contributed by atoms with Gasteiger partial charge in [-0.1, -0.05) is 0 Å². The molecule has 0 atom stereocenters. The van der Waals surface area contributed by atoms with Crippen LogP contribution in [-0.4, -0.2) is 42.0 Å². The molecule has 2 rings (SSSR count). The fourth-order valence-corrected chi connectivity index (χ4v) is 2.72. The topological polar surface area (TPSA) is 52.6 Å². The quantitative estimate of drug-likeness (QED) is 0.844. The molecule has 0 radical (unpaired) electrons. The second kappa shape index (κ2) is 6.95. The molecule has 0 spiro atoms. The number of rotatable bonds is 3. The zero-order valence-corrected chi connectivity index (χ0v) is 12.3. The lowest BCUT2D eigenvalue weighted by Crippen LogP contribution is -2.41. The number of carbonyl (C=O) groups is 1. The molecule has 110 valence electrons. The first kappa shape index (κ1) is 15.1. The maximum Gasteiger partial charge on any atom is 0.321 e. The first-order chi connectivity index (χ1) is 9.63. The molecule has 1 fully saturated rings. The van der Waals surface area contributed by atoms with E-state index in [-0.39, 0.29) is 24.4 Å². The van der Waals surface area contributed by atoms with Crippen molar-refractivity contribution in [3.8, 4) is 0 Å². The van der Waals surface area contributed by atoms with E-state index in [9.17, 15) is 9.18 Å². The molecule has 6 heteroatoms. The van der Waals surface area contributed by atoms with E-state index in [2.05, 4.69) is 5.32 Å². The van der Waals surface area contributed by atoms with Gasteiger partial charge in [-0.3, -0.25) is 0 Å². The predicted molar refractivity (Wildman–Crippen MR) is 78.6 cm³/mol. The van der Waals surface area contributed by atoms with Crippen LogP contribution in [0.3, 0.4) is 0 Å². The summed E-state index contributed by atoms with van der Waals surface area (Å²) in [6, 6.07) is 4.49. The molecular formula is C14H19FN2O2S. The normalized spacial score (nSPS) is 16.2. The van der Waals surface area contributed by atoms with Gasteiger partial charge in [0.15, 0.2) is 0 Å². The van der Waals surface area contributed by atoms with Gasteiger partial charge in [0.25, 0.3) is 0 Å². The number of aliphatic hydroxyl groups is 1. The Hall–Kier alpha value is -1.27. The summed E-state index contributed by atoms with van der Waals surface area (Å²) in [5, 5.41) is 11.8. The predicted octanol–water partition coefficient (Wildman–Crippen LogP) is 2.78. The maximum absolute atomic E-state index is 13.6. The molecule has 0 aromatic heterocycles. The molecular weight excluding hydrogens is 279 g/mol. The number of likely N-dealkylation sites (tertiary alicyclic amines) is 1. The lowest BCUT2D eigenvalue weighted by molar-refractivity contribution is 0.143. The van der Waals surface area contributed by atoms with Crippen molar-refractivity contribution < 1.29 is 14.3 Å². The largest absolute Gasteiger partial charge is 0.396 e. The zero-order chi connectivity index (χ0) is 14.5. The van der Waals surface area contributed by atoms with Crippen molar-refractivity contribution in [1.82, 2.24) is 4.90 Å². The van der Waals surface area contributed by atoms with Crippen LogP contribution in [0.25, 0.3) is 0 Å². The van der Waals surface area contributed by atoms with E-state index in [4.69, 9.17) is 5.11 Å². The van der Waals surface area contributed by atoms with Gasteiger partial charge < -0.3 is 15.3 Å². The van der Waals surface area contributed by atoms with E-state index in [1.165, 1.54) is 17.8 Å². The van der Waals surface area contributed by atoms with Crippen LogP contribution >= 0.6 is 11.8 Å². The minimum Gasteiger partial charge on any atom is -0.396 e. The minimum absolute atomic E-state index is 0.177. The maximum atomic E-state index is 13.6. The van der Waals surface area contributed by atoms with Crippen LogP contribution in [0.5, 0.6) is 0 Å².